The van der Waals surface area contributed by atoms with Crippen LogP contribution in [-0.2, 0) is 20.0 Å². The van der Waals surface area contributed by atoms with E-state index in [4.69, 9.17) is 9.47 Å². The Kier molecular flexibility index (Phi) is 6.79. The molecule has 0 atom stereocenters. The van der Waals surface area contributed by atoms with Crippen LogP contribution in [0, 0.1) is 20.8 Å². The van der Waals surface area contributed by atoms with Crippen LogP contribution in [0.15, 0.2) is 52.3 Å². The van der Waals surface area contributed by atoms with Crippen LogP contribution < -0.4 is 18.9 Å². The van der Waals surface area contributed by atoms with Gasteiger partial charge in [0.25, 0.3) is 20.0 Å². The summed E-state index contributed by atoms with van der Waals surface area (Å²) in [7, 11) is -5.17. The van der Waals surface area contributed by atoms with E-state index in [0.717, 1.165) is 5.56 Å². The fourth-order valence-corrected chi connectivity index (χ4v) is 5.85. The number of rotatable bonds is 8. The molecule has 0 aliphatic heterocycles. The van der Waals surface area contributed by atoms with E-state index in [0.29, 0.717) is 11.1 Å². The topological polar surface area (TPSA) is 137 Å². The van der Waals surface area contributed by atoms with Gasteiger partial charge in [-0.1, -0.05) is 17.7 Å². The third kappa shape index (κ3) is 5.52. The Morgan fingerprint density at radius 1 is 0.758 bits per heavy atom. The lowest BCUT2D eigenvalue weighted by molar-refractivity contribution is 0.353. The van der Waals surface area contributed by atoms with Crippen LogP contribution in [0.2, 0.25) is 0 Å². The summed E-state index contributed by atoms with van der Waals surface area (Å²) in [6, 6.07) is 10.1. The number of benzene rings is 2. The molecule has 3 aromatic rings. The molecule has 2 aromatic carbocycles. The van der Waals surface area contributed by atoms with Gasteiger partial charge in [0.2, 0.25) is 5.88 Å². The largest absolute Gasteiger partial charge is 0.481 e. The first-order valence-corrected chi connectivity index (χ1v) is 12.6. The predicted octanol–water partition coefficient (Wildman–Crippen LogP) is 3.02. The van der Waals surface area contributed by atoms with Crippen molar-refractivity contribution in [2.75, 3.05) is 23.7 Å². The van der Waals surface area contributed by atoms with E-state index in [2.05, 4.69) is 19.4 Å². The maximum absolute atomic E-state index is 12.9. The van der Waals surface area contributed by atoms with E-state index in [1.54, 1.807) is 26.0 Å². The second kappa shape index (κ2) is 9.24. The number of sulfonamides is 2. The zero-order chi connectivity index (χ0) is 24.4. The lowest BCUT2D eigenvalue weighted by Crippen LogP contribution is -2.17. The third-order valence-corrected chi connectivity index (χ3v) is 7.66. The van der Waals surface area contributed by atoms with Crippen LogP contribution in [0.25, 0.3) is 0 Å². The van der Waals surface area contributed by atoms with Gasteiger partial charge < -0.3 is 9.47 Å². The molecule has 0 amide bonds. The van der Waals surface area contributed by atoms with E-state index >= 15 is 0 Å². The maximum atomic E-state index is 12.9. The number of hydrogen-bond acceptors (Lipinski definition) is 8. The van der Waals surface area contributed by atoms with Crippen molar-refractivity contribution in [3.8, 4) is 11.9 Å². The molecule has 1 heterocycles. The summed E-state index contributed by atoms with van der Waals surface area (Å²) in [5, 5.41) is 0. The molecule has 1 aromatic heterocycles. The molecule has 33 heavy (non-hydrogen) atoms. The number of hydrogen-bond donors (Lipinski definition) is 2. The smallest absolute Gasteiger partial charge is 0.321 e. The van der Waals surface area contributed by atoms with Crippen molar-refractivity contribution in [2.45, 2.75) is 30.6 Å². The van der Waals surface area contributed by atoms with Crippen LogP contribution in [0.4, 0.5) is 11.5 Å². The van der Waals surface area contributed by atoms with Crippen molar-refractivity contribution in [1.29, 1.82) is 0 Å². The summed E-state index contributed by atoms with van der Waals surface area (Å²) in [5.41, 5.74) is 2.43. The van der Waals surface area contributed by atoms with Crippen LogP contribution >= 0.6 is 0 Å². The highest BCUT2D eigenvalue weighted by Crippen LogP contribution is 2.26. The van der Waals surface area contributed by atoms with Crippen molar-refractivity contribution in [3.63, 3.8) is 0 Å². The summed E-state index contributed by atoms with van der Waals surface area (Å²) in [6.45, 7) is 5.35. The Balaban J connectivity index is 1.84. The minimum absolute atomic E-state index is 0.0474. The first kappa shape index (κ1) is 24.3. The summed E-state index contributed by atoms with van der Waals surface area (Å²) in [5.74, 6) is 0.0693. The van der Waals surface area contributed by atoms with E-state index in [1.165, 1.54) is 44.6 Å². The second-order valence-electron chi connectivity index (χ2n) is 7.25. The molecule has 0 bridgehead atoms. The zero-order valence-electron chi connectivity index (χ0n) is 18.7. The van der Waals surface area contributed by atoms with Gasteiger partial charge >= 0.3 is 6.01 Å². The van der Waals surface area contributed by atoms with Crippen molar-refractivity contribution in [2.24, 2.45) is 0 Å². The molecule has 0 radical (unpaired) electrons. The molecule has 3 rings (SSSR count). The highest BCUT2D eigenvalue weighted by atomic mass is 32.2. The van der Waals surface area contributed by atoms with Crippen LogP contribution in [0.1, 0.15) is 16.7 Å². The average molecular weight is 493 g/mol. The van der Waals surface area contributed by atoms with Gasteiger partial charge in [-0.3, -0.25) is 9.44 Å². The van der Waals surface area contributed by atoms with Crippen molar-refractivity contribution in [1.82, 2.24) is 9.97 Å². The van der Waals surface area contributed by atoms with Gasteiger partial charge in [0.15, 0.2) is 5.82 Å². The van der Waals surface area contributed by atoms with Crippen LogP contribution in [-0.4, -0.2) is 41.0 Å². The highest BCUT2D eigenvalue weighted by molar-refractivity contribution is 7.93. The quantitative estimate of drug-likeness (QED) is 0.490. The summed E-state index contributed by atoms with van der Waals surface area (Å²) in [4.78, 5) is 7.94. The number of nitrogens with one attached hydrogen (secondary N) is 2. The van der Waals surface area contributed by atoms with Gasteiger partial charge in [-0.25, -0.2) is 16.8 Å². The zero-order valence-corrected chi connectivity index (χ0v) is 20.3. The number of ether oxygens (including phenoxy) is 2. The number of aryl methyl sites for hydroxylation is 3. The van der Waals surface area contributed by atoms with Crippen molar-refractivity contribution in [3.05, 3.63) is 59.2 Å². The lowest BCUT2D eigenvalue weighted by Gasteiger charge is -2.14. The number of nitrogens with zero attached hydrogens (tertiary/aromatic N) is 2. The maximum Gasteiger partial charge on any atom is 0.321 e. The number of anilines is 2. The molecule has 10 nitrogen and oxygen atoms in total. The van der Waals surface area contributed by atoms with Crippen molar-refractivity contribution >= 4 is 31.6 Å². The average Bonchev–Trinajstić information content (AvgIpc) is 2.72. The van der Waals surface area contributed by atoms with Crippen molar-refractivity contribution < 1.29 is 26.3 Å². The lowest BCUT2D eigenvalue weighted by atomic mass is 10.1. The van der Waals surface area contributed by atoms with E-state index in [9.17, 15) is 16.8 Å². The molecule has 0 saturated carbocycles. The third-order valence-electron chi connectivity index (χ3n) is 4.60. The predicted molar refractivity (Wildman–Crippen MR) is 124 cm³/mol. The van der Waals surface area contributed by atoms with E-state index in [-0.39, 0.29) is 33.2 Å². The summed E-state index contributed by atoms with van der Waals surface area (Å²) < 4.78 is 66.1. The Hall–Kier alpha value is -3.38. The molecule has 2 N–H and O–H groups in total. The normalized spacial score (nSPS) is 11.7. The molecule has 0 saturated heterocycles. The van der Waals surface area contributed by atoms with Gasteiger partial charge in [0.05, 0.1) is 24.0 Å². The van der Waals surface area contributed by atoms with Gasteiger partial charge in [0, 0.05) is 11.8 Å². The molecule has 0 spiro atoms. The summed E-state index contributed by atoms with van der Waals surface area (Å²) >= 11 is 0. The Labute approximate surface area is 193 Å². The Bertz CT molecular complexity index is 1340. The Morgan fingerprint density at radius 3 is 1.91 bits per heavy atom. The Morgan fingerprint density at radius 2 is 1.36 bits per heavy atom. The fraction of sp³-hybridized carbons (Fsp3) is 0.238. The van der Waals surface area contributed by atoms with Crippen LogP contribution in [0.3, 0.4) is 0 Å². The number of methoxy groups -OCH3 is 2. The van der Waals surface area contributed by atoms with E-state index in [1.807, 2.05) is 6.92 Å². The SMILES string of the molecule is COc1cc(NS(=O)(=O)c2ccc(NS(=O)(=O)c3c(C)cc(C)cc3C)cc2)nc(OC)n1. The minimum Gasteiger partial charge on any atom is -0.481 e. The molecule has 0 aliphatic rings. The minimum atomic E-state index is -4.02. The second-order valence-corrected chi connectivity index (χ2v) is 10.5. The van der Waals surface area contributed by atoms with Crippen LogP contribution in [0.5, 0.6) is 11.9 Å². The fourth-order valence-electron chi connectivity index (χ4n) is 3.35. The molecule has 12 heteroatoms. The first-order chi connectivity index (χ1) is 15.4. The van der Waals surface area contributed by atoms with Gasteiger partial charge in [-0.05, 0) is 56.2 Å². The molecular formula is C21H24N4O6S2. The molecule has 0 unspecified atom stereocenters. The monoisotopic (exact) mass is 492 g/mol. The van der Waals surface area contributed by atoms with Gasteiger partial charge in [-0.2, -0.15) is 9.97 Å². The first-order valence-electron chi connectivity index (χ1n) is 9.66. The van der Waals surface area contributed by atoms with Gasteiger partial charge in [-0.15, -0.1) is 0 Å². The molecular weight excluding hydrogens is 468 g/mol. The molecule has 0 aliphatic carbocycles. The standard InChI is InChI=1S/C21H24N4O6S2/c1-13-10-14(2)20(15(3)11-13)33(28,29)24-16-6-8-17(9-7-16)32(26,27)25-18-12-19(30-4)23-21(22-18)31-5/h6-12,24H,1-5H3,(H,22,23,25). The van der Waals surface area contributed by atoms with Gasteiger partial charge in [0.1, 0.15) is 0 Å². The molecule has 0 fully saturated rings. The number of aromatic nitrogens is 2. The molecule has 176 valence electrons. The summed E-state index contributed by atoms with van der Waals surface area (Å²) in [6.07, 6.45) is 0. The highest BCUT2D eigenvalue weighted by Gasteiger charge is 2.21. The van der Waals surface area contributed by atoms with E-state index < -0.39 is 20.0 Å².